The molecule has 2 heterocycles. The van der Waals surface area contributed by atoms with E-state index in [1.54, 1.807) is 19.1 Å². The van der Waals surface area contributed by atoms with Crippen LogP contribution < -0.4 is 5.32 Å². The molecule has 2 atom stereocenters. The third-order valence-electron chi connectivity index (χ3n) is 5.66. The fourth-order valence-corrected chi connectivity index (χ4v) is 5.07. The van der Waals surface area contributed by atoms with E-state index in [4.69, 9.17) is 16.6 Å². The molecule has 8 heteroatoms. The lowest BCUT2D eigenvalue weighted by Gasteiger charge is -2.32. The van der Waals surface area contributed by atoms with E-state index in [1.807, 2.05) is 71.6 Å². The summed E-state index contributed by atoms with van der Waals surface area (Å²) in [5.41, 5.74) is 3.12. The third-order valence-corrected chi connectivity index (χ3v) is 7.06. The average Bonchev–Trinajstić information content (AvgIpc) is 3.17. The van der Waals surface area contributed by atoms with Gasteiger partial charge in [0.05, 0.1) is 21.6 Å². The number of carbonyl (C=O) groups is 2. The number of hydrogen-bond acceptors (Lipinski definition) is 5. The van der Waals surface area contributed by atoms with E-state index in [0.29, 0.717) is 28.1 Å². The summed E-state index contributed by atoms with van der Waals surface area (Å²) in [5, 5.41) is 3.43. The van der Waals surface area contributed by atoms with E-state index < -0.39 is 11.3 Å². The van der Waals surface area contributed by atoms with Crippen LogP contribution in [0.1, 0.15) is 18.1 Å². The highest BCUT2D eigenvalue weighted by Crippen LogP contribution is 2.36. The standard InChI is InChI=1S/C26H21ClN4O2S/c1-16(24(32)28-21-14-8-6-12-19(21)27)34-26-29-20-13-7-5-11-18(20)23-30-25(33)22(31(23)26)15-17-9-3-2-4-10-17/h2-14,16,22H,15H2,1H3,(H,28,32). The predicted molar refractivity (Wildman–Crippen MR) is 138 cm³/mol. The first-order valence-electron chi connectivity index (χ1n) is 10.9. The van der Waals surface area contributed by atoms with Crippen molar-refractivity contribution >= 4 is 57.6 Å². The Hall–Kier alpha value is -3.42. The molecule has 6 nitrogen and oxygen atoms in total. The van der Waals surface area contributed by atoms with Gasteiger partial charge in [-0.1, -0.05) is 78.0 Å². The summed E-state index contributed by atoms with van der Waals surface area (Å²) in [6.07, 6.45) is 0.495. The Balaban J connectivity index is 1.44. The number of anilines is 1. The molecular weight excluding hydrogens is 468 g/mol. The van der Waals surface area contributed by atoms with Gasteiger partial charge in [0.15, 0.2) is 5.17 Å². The van der Waals surface area contributed by atoms with E-state index >= 15 is 0 Å². The molecule has 2 aliphatic heterocycles. The summed E-state index contributed by atoms with van der Waals surface area (Å²) >= 11 is 7.50. The minimum atomic E-state index is -0.518. The molecule has 0 fully saturated rings. The van der Waals surface area contributed by atoms with Gasteiger partial charge in [0.25, 0.3) is 5.91 Å². The summed E-state index contributed by atoms with van der Waals surface area (Å²) < 4.78 is 0. The smallest absolute Gasteiger partial charge is 0.271 e. The van der Waals surface area contributed by atoms with Crippen LogP contribution in [0.5, 0.6) is 0 Å². The maximum absolute atomic E-state index is 13.0. The molecule has 2 aliphatic rings. The number of rotatable bonds is 5. The molecule has 0 radical (unpaired) electrons. The van der Waals surface area contributed by atoms with Gasteiger partial charge in [-0.25, -0.2) is 4.99 Å². The Kier molecular flexibility index (Phi) is 6.22. The van der Waals surface area contributed by atoms with Crippen molar-refractivity contribution in [1.82, 2.24) is 4.90 Å². The number of para-hydroxylation sites is 2. The fraction of sp³-hybridized carbons (Fsp3) is 0.154. The highest BCUT2D eigenvalue weighted by molar-refractivity contribution is 8.14. The van der Waals surface area contributed by atoms with Crippen molar-refractivity contribution in [3.63, 3.8) is 0 Å². The number of amides is 2. The zero-order valence-electron chi connectivity index (χ0n) is 18.3. The second kappa shape index (κ2) is 9.44. The number of amidine groups is 2. The molecular formula is C26H21ClN4O2S. The van der Waals surface area contributed by atoms with Crippen LogP contribution in [-0.2, 0) is 16.0 Å². The van der Waals surface area contributed by atoms with Crippen LogP contribution in [0.2, 0.25) is 5.02 Å². The Morgan fingerprint density at radius 1 is 1.03 bits per heavy atom. The monoisotopic (exact) mass is 488 g/mol. The van der Waals surface area contributed by atoms with E-state index in [1.165, 1.54) is 11.8 Å². The van der Waals surface area contributed by atoms with Crippen LogP contribution in [0.4, 0.5) is 11.4 Å². The van der Waals surface area contributed by atoms with Crippen molar-refractivity contribution in [2.75, 3.05) is 5.32 Å². The molecule has 0 saturated heterocycles. The van der Waals surface area contributed by atoms with Crippen LogP contribution in [0, 0.1) is 0 Å². The number of benzene rings is 3. The van der Waals surface area contributed by atoms with E-state index in [9.17, 15) is 9.59 Å². The zero-order valence-corrected chi connectivity index (χ0v) is 19.9. The number of carbonyl (C=O) groups excluding carboxylic acids is 2. The molecule has 170 valence electrons. The summed E-state index contributed by atoms with van der Waals surface area (Å²) in [5.74, 6) is 0.165. The summed E-state index contributed by atoms with van der Waals surface area (Å²) in [6.45, 7) is 1.81. The number of nitrogens with one attached hydrogen (secondary N) is 1. The lowest BCUT2D eigenvalue weighted by atomic mass is 10.0. The molecule has 0 bridgehead atoms. The molecule has 3 aromatic rings. The second-order valence-electron chi connectivity index (χ2n) is 7.99. The highest BCUT2D eigenvalue weighted by Gasteiger charge is 2.42. The molecule has 0 saturated carbocycles. The maximum Gasteiger partial charge on any atom is 0.271 e. The topological polar surface area (TPSA) is 74.1 Å². The van der Waals surface area contributed by atoms with Crippen molar-refractivity contribution < 1.29 is 9.59 Å². The molecule has 2 amide bonds. The van der Waals surface area contributed by atoms with Crippen LogP contribution in [0.25, 0.3) is 0 Å². The van der Waals surface area contributed by atoms with Gasteiger partial charge in [-0.3, -0.25) is 14.5 Å². The SMILES string of the molecule is CC(SC1=Nc2ccccc2C2=NC(=O)C(Cc3ccccc3)N12)C(=O)Nc1ccccc1Cl. The molecule has 1 N–H and O–H groups in total. The minimum Gasteiger partial charge on any atom is -0.324 e. The normalized spacial score (nSPS) is 17.4. The average molecular weight is 489 g/mol. The second-order valence-corrected chi connectivity index (χ2v) is 9.71. The Bertz CT molecular complexity index is 1330. The minimum absolute atomic E-state index is 0.205. The molecule has 0 spiro atoms. The van der Waals surface area contributed by atoms with Crippen molar-refractivity contribution in [2.24, 2.45) is 9.98 Å². The lowest BCUT2D eigenvalue weighted by Crippen LogP contribution is -2.45. The number of nitrogens with zero attached hydrogens (tertiary/aromatic N) is 3. The van der Waals surface area contributed by atoms with Crippen LogP contribution in [0.15, 0.2) is 88.8 Å². The highest BCUT2D eigenvalue weighted by atomic mass is 35.5. The summed E-state index contributed by atoms with van der Waals surface area (Å²) in [4.78, 5) is 37.1. The lowest BCUT2D eigenvalue weighted by molar-refractivity contribution is -0.119. The number of thioether (sulfide) groups is 1. The van der Waals surface area contributed by atoms with Crippen LogP contribution in [0.3, 0.4) is 0 Å². The van der Waals surface area contributed by atoms with Crippen molar-refractivity contribution in [3.8, 4) is 0 Å². The van der Waals surface area contributed by atoms with Crippen molar-refractivity contribution in [2.45, 2.75) is 24.6 Å². The number of fused-ring (bicyclic) bond motifs is 3. The van der Waals surface area contributed by atoms with Crippen molar-refractivity contribution in [1.29, 1.82) is 0 Å². The quantitative estimate of drug-likeness (QED) is 0.528. The maximum atomic E-state index is 13.0. The fourth-order valence-electron chi connectivity index (χ4n) is 3.93. The van der Waals surface area contributed by atoms with Gasteiger partial charge >= 0.3 is 0 Å². The van der Waals surface area contributed by atoms with Crippen LogP contribution in [-0.4, -0.2) is 39.0 Å². The van der Waals surface area contributed by atoms with E-state index in [0.717, 1.165) is 16.8 Å². The molecule has 3 aromatic carbocycles. The predicted octanol–water partition coefficient (Wildman–Crippen LogP) is 5.30. The van der Waals surface area contributed by atoms with Crippen LogP contribution >= 0.6 is 23.4 Å². The van der Waals surface area contributed by atoms with Gasteiger partial charge in [-0.05, 0) is 36.8 Å². The number of aliphatic imine (C=N–C) groups is 2. The first-order chi connectivity index (χ1) is 16.5. The van der Waals surface area contributed by atoms with E-state index in [-0.39, 0.29) is 11.8 Å². The Labute approximate surface area is 206 Å². The Morgan fingerprint density at radius 3 is 2.53 bits per heavy atom. The van der Waals surface area contributed by atoms with Crippen molar-refractivity contribution in [3.05, 3.63) is 95.0 Å². The molecule has 5 rings (SSSR count). The largest absolute Gasteiger partial charge is 0.324 e. The number of halogens is 1. The van der Waals surface area contributed by atoms with E-state index in [2.05, 4.69) is 10.3 Å². The number of hydrogen-bond donors (Lipinski definition) is 1. The zero-order chi connectivity index (χ0) is 23.7. The molecule has 2 unspecified atom stereocenters. The summed E-state index contributed by atoms with van der Waals surface area (Å²) in [7, 11) is 0. The first kappa shape index (κ1) is 22.4. The Morgan fingerprint density at radius 2 is 1.74 bits per heavy atom. The molecule has 0 aromatic heterocycles. The van der Waals surface area contributed by atoms with Gasteiger partial charge in [-0.2, -0.15) is 4.99 Å². The van der Waals surface area contributed by atoms with Gasteiger partial charge in [0.1, 0.15) is 11.9 Å². The molecule has 34 heavy (non-hydrogen) atoms. The van der Waals surface area contributed by atoms with Gasteiger partial charge in [0.2, 0.25) is 5.91 Å². The third kappa shape index (κ3) is 4.36. The molecule has 0 aliphatic carbocycles. The van der Waals surface area contributed by atoms with Gasteiger partial charge < -0.3 is 5.32 Å². The van der Waals surface area contributed by atoms with Gasteiger partial charge in [-0.15, -0.1) is 0 Å². The van der Waals surface area contributed by atoms with Gasteiger partial charge in [0, 0.05) is 12.0 Å². The summed E-state index contributed by atoms with van der Waals surface area (Å²) in [6, 6.07) is 24.0. The first-order valence-corrected chi connectivity index (χ1v) is 12.1.